The number of methoxy groups -OCH3 is 1. The number of carbonyl (C=O) groups is 1. The Labute approximate surface area is 155 Å². The monoisotopic (exact) mass is 365 g/mol. The van der Waals surface area contributed by atoms with Crippen LogP contribution in [0.4, 0.5) is 0 Å². The highest BCUT2D eigenvalue weighted by molar-refractivity contribution is 5.90. The van der Waals surface area contributed by atoms with Gasteiger partial charge in [0.2, 0.25) is 11.8 Å². The number of hydrogen-bond acceptors (Lipinski definition) is 4. The molecule has 1 aromatic heterocycles. The Morgan fingerprint density at radius 1 is 1.22 bits per heavy atom. The van der Waals surface area contributed by atoms with Crippen LogP contribution >= 0.6 is 0 Å². The molecule has 7 nitrogen and oxygen atoms in total. The van der Waals surface area contributed by atoms with Crippen LogP contribution in [0.2, 0.25) is 0 Å². The zero-order chi connectivity index (χ0) is 18.7. The van der Waals surface area contributed by atoms with Gasteiger partial charge in [-0.15, -0.1) is 0 Å². The third-order valence-electron chi connectivity index (χ3n) is 5.65. The van der Waals surface area contributed by atoms with Crippen molar-refractivity contribution in [1.82, 2.24) is 14.0 Å². The van der Waals surface area contributed by atoms with E-state index in [-0.39, 0.29) is 36.2 Å². The summed E-state index contributed by atoms with van der Waals surface area (Å²) in [5.74, 6) is -0.209. The Balaban J connectivity index is 1.68. The van der Waals surface area contributed by atoms with E-state index in [2.05, 4.69) is 0 Å². The fourth-order valence-corrected chi connectivity index (χ4v) is 4.55. The van der Waals surface area contributed by atoms with Crippen LogP contribution in [0.3, 0.4) is 0 Å². The van der Waals surface area contributed by atoms with Gasteiger partial charge < -0.3 is 14.7 Å². The maximum absolute atomic E-state index is 13.2. The molecule has 2 aliphatic rings. The lowest BCUT2D eigenvalue weighted by molar-refractivity contribution is -0.136. The number of hydrogen-bond donors (Lipinski definition) is 1. The third kappa shape index (κ3) is 2.12. The molecule has 2 aliphatic heterocycles. The van der Waals surface area contributed by atoms with Crippen molar-refractivity contribution < 1.29 is 14.6 Å². The summed E-state index contributed by atoms with van der Waals surface area (Å²) in [6.07, 6.45) is 0.657. The number of amides is 1. The fraction of sp³-hybridized carbons (Fsp3) is 0.300. The molecule has 3 heterocycles. The first-order valence-electron chi connectivity index (χ1n) is 8.94. The summed E-state index contributed by atoms with van der Waals surface area (Å²) < 4.78 is 7.97. The van der Waals surface area contributed by atoms with Crippen molar-refractivity contribution in [2.75, 3.05) is 20.3 Å². The van der Waals surface area contributed by atoms with Crippen molar-refractivity contribution in [1.29, 1.82) is 0 Å². The van der Waals surface area contributed by atoms with E-state index in [4.69, 9.17) is 4.74 Å². The van der Waals surface area contributed by atoms with Crippen molar-refractivity contribution in [3.63, 3.8) is 0 Å². The minimum Gasteiger partial charge on any atom is -0.493 e. The summed E-state index contributed by atoms with van der Waals surface area (Å²) in [4.78, 5) is 27.2. The number of fused-ring (bicyclic) bond motifs is 6. The second-order valence-corrected chi connectivity index (χ2v) is 7.08. The van der Waals surface area contributed by atoms with Crippen molar-refractivity contribution in [2.24, 2.45) is 0 Å². The molecule has 7 heteroatoms. The average Bonchev–Trinajstić information content (AvgIpc) is 3.33. The number of imidazole rings is 1. The molecule has 0 radical (unpaired) electrons. The second kappa shape index (κ2) is 5.72. The van der Waals surface area contributed by atoms with Crippen LogP contribution in [-0.2, 0) is 9.53 Å². The third-order valence-corrected chi connectivity index (χ3v) is 5.65. The molecule has 2 aromatic carbocycles. The van der Waals surface area contributed by atoms with Gasteiger partial charge in [-0.2, -0.15) is 0 Å². The van der Waals surface area contributed by atoms with Crippen molar-refractivity contribution in [3.8, 4) is 11.6 Å². The zero-order valence-electron chi connectivity index (χ0n) is 14.8. The van der Waals surface area contributed by atoms with Gasteiger partial charge in [0.25, 0.3) is 0 Å². The van der Waals surface area contributed by atoms with Gasteiger partial charge in [-0.1, -0.05) is 36.4 Å². The molecular weight excluding hydrogens is 346 g/mol. The van der Waals surface area contributed by atoms with Gasteiger partial charge in [0.15, 0.2) is 0 Å². The topological polar surface area (TPSA) is 76.7 Å². The fourth-order valence-electron chi connectivity index (χ4n) is 4.55. The van der Waals surface area contributed by atoms with E-state index in [0.29, 0.717) is 24.3 Å². The average molecular weight is 365 g/mol. The normalized spacial score (nSPS) is 20.4. The molecule has 0 aliphatic carbocycles. The van der Waals surface area contributed by atoms with Gasteiger partial charge in [-0.3, -0.25) is 9.36 Å². The molecule has 3 aromatic rings. The van der Waals surface area contributed by atoms with Gasteiger partial charge in [0.1, 0.15) is 12.3 Å². The van der Waals surface area contributed by atoms with E-state index in [1.54, 1.807) is 9.47 Å². The zero-order valence-corrected chi connectivity index (χ0v) is 14.8. The Morgan fingerprint density at radius 3 is 2.81 bits per heavy atom. The summed E-state index contributed by atoms with van der Waals surface area (Å²) in [5, 5.41) is 12.9. The summed E-state index contributed by atoms with van der Waals surface area (Å²) in [6, 6.07) is 13.0. The van der Waals surface area contributed by atoms with Gasteiger partial charge >= 0.3 is 5.69 Å². The largest absolute Gasteiger partial charge is 0.493 e. The standard InChI is InChI=1S/C20H19N3O4/c1-27-11-17(24)21-10-13-9-16(21)18-19(25)23(20(26)22(13)18)15-8-4-6-12-5-2-3-7-14(12)15/h2-8,13,16,25H,9-11H2,1H3/t13-,16-/m0/s1. The molecule has 1 N–H and O–H groups in total. The molecule has 2 atom stereocenters. The molecule has 27 heavy (non-hydrogen) atoms. The van der Waals surface area contributed by atoms with Gasteiger partial charge in [0.05, 0.1) is 17.8 Å². The molecule has 1 amide bonds. The maximum Gasteiger partial charge on any atom is 0.336 e. The van der Waals surface area contributed by atoms with Gasteiger partial charge in [-0.05, 0) is 17.9 Å². The smallest absolute Gasteiger partial charge is 0.336 e. The predicted octanol–water partition coefficient (Wildman–Crippen LogP) is 1.97. The number of nitrogens with zero attached hydrogens (tertiary/aromatic N) is 3. The second-order valence-electron chi connectivity index (χ2n) is 7.08. The van der Waals surface area contributed by atoms with Gasteiger partial charge in [-0.25, -0.2) is 9.36 Å². The Bertz CT molecular complexity index is 1120. The van der Waals surface area contributed by atoms with Crippen LogP contribution < -0.4 is 5.69 Å². The highest BCUT2D eigenvalue weighted by atomic mass is 16.5. The van der Waals surface area contributed by atoms with E-state index in [9.17, 15) is 14.7 Å². The first kappa shape index (κ1) is 16.1. The van der Waals surface area contributed by atoms with Crippen molar-refractivity contribution >= 4 is 16.7 Å². The predicted molar refractivity (Wildman–Crippen MR) is 99.2 cm³/mol. The van der Waals surface area contributed by atoms with E-state index < -0.39 is 0 Å². The van der Waals surface area contributed by atoms with E-state index >= 15 is 0 Å². The number of rotatable bonds is 3. The summed E-state index contributed by atoms with van der Waals surface area (Å²) >= 11 is 0. The van der Waals surface area contributed by atoms with Crippen molar-refractivity contribution in [2.45, 2.75) is 18.5 Å². The number of ether oxygens (including phenoxy) is 1. The minimum atomic E-state index is -0.290. The Hall–Kier alpha value is -3.06. The summed E-state index contributed by atoms with van der Waals surface area (Å²) in [6.45, 7) is 0.469. The van der Waals surface area contributed by atoms with Crippen LogP contribution in [0.15, 0.2) is 47.3 Å². The maximum atomic E-state index is 13.2. The van der Waals surface area contributed by atoms with E-state index in [1.165, 1.54) is 11.7 Å². The van der Waals surface area contributed by atoms with Crippen LogP contribution in [0, 0.1) is 0 Å². The quantitative estimate of drug-likeness (QED) is 0.770. The van der Waals surface area contributed by atoms with E-state index in [0.717, 1.165) is 10.8 Å². The summed E-state index contributed by atoms with van der Waals surface area (Å²) in [7, 11) is 1.48. The van der Waals surface area contributed by atoms with E-state index in [1.807, 2.05) is 42.5 Å². The molecule has 0 unspecified atom stereocenters. The molecule has 138 valence electrons. The first-order chi connectivity index (χ1) is 13.1. The highest BCUT2D eigenvalue weighted by Gasteiger charge is 2.49. The number of likely N-dealkylation sites (tertiary alicyclic amines) is 1. The Morgan fingerprint density at radius 2 is 2.00 bits per heavy atom. The van der Waals surface area contributed by atoms with Crippen LogP contribution in [0.5, 0.6) is 5.88 Å². The van der Waals surface area contributed by atoms with Gasteiger partial charge in [0, 0.05) is 19.0 Å². The SMILES string of the molecule is COCC(=O)N1C[C@@H]2C[C@H]1c1c(O)n(-c3cccc4ccccc34)c(=O)n12. The van der Waals surface area contributed by atoms with Crippen molar-refractivity contribution in [3.05, 3.63) is 58.6 Å². The molecular formula is C20H19N3O4. The van der Waals surface area contributed by atoms with Crippen LogP contribution in [0.1, 0.15) is 24.2 Å². The number of carbonyl (C=O) groups excluding carboxylic acids is 1. The molecule has 5 rings (SSSR count). The Kier molecular flexibility index (Phi) is 3.42. The van der Waals surface area contributed by atoms with Crippen LogP contribution in [-0.4, -0.2) is 45.3 Å². The number of benzene rings is 2. The number of aromatic hydroxyl groups is 1. The molecule has 1 saturated heterocycles. The lowest BCUT2D eigenvalue weighted by Gasteiger charge is -2.27. The summed E-state index contributed by atoms with van der Waals surface area (Å²) in [5.41, 5.74) is 0.908. The van der Waals surface area contributed by atoms with Crippen LogP contribution in [0.25, 0.3) is 16.5 Å². The number of aromatic nitrogens is 2. The highest BCUT2D eigenvalue weighted by Crippen LogP contribution is 2.48. The first-order valence-corrected chi connectivity index (χ1v) is 8.94. The minimum absolute atomic E-state index is 0.00174. The lowest BCUT2D eigenvalue weighted by Crippen LogP contribution is -2.39. The molecule has 0 saturated carbocycles. The molecule has 1 fully saturated rings. The molecule has 0 spiro atoms. The lowest BCUT2D eigenvalue weighted by atomic mass is 10.1. The molecule has 2 bridgehead atoms.